The molecule has 2 bridgehead atoms. The number of benzene rings is 1. The molecular weight excluding hydrogens is 424 g/mol. The highest BCUT2D eigenvalue weighted by atomic mass is 16.5. The minimum absolute atomic E-state index is 0.220. The van der Waals surface area contributed by atoms with Gasteiger partial charge in [-0.2, -0.15) is 10.2 Å². The molecule has 1 aromatic carbocycles. The standard InChI is InChI=1S/C27H30N6O/c1-15-5-8-20-21(9-15)16(2)34-24-12-18(13-29-27(24)28)25-22(11-19-14-32(3)31-26(19)20)30-33(4)23(25)10-17-6-7-17/h5,8-9,12-14,16-17H,6-7,10-11H2,1-4H3,(H2,28,29)/t16-/m1/s1. The molecular formula is C27H30N6O. The number of hydrogen-bond acceptors (Lipinski definition) is 5. The summed E-state index contributed by atoms with van der Waals surface area (Å²) >= 11 is 0. The van der Waals surface area contributed by atoms with Crippen molar-refractivity contribution < 1.29 is 4.74 Å². The van der Waals surface area contributed by atoms with E-state index in [-0.39, 0.29) is 6.10 Å². The van der Waals surface area contributed by atoms with Crippen LogP contribution in [0.1, 0.15) is 53.9 Å². The van der Waals surface area contributed by atoms with Crippen LogP contribution in [-0.4, -0.2) is 24.5 Å². The normalized spacial score (nSPS) is 17.1. The third-order valence-electron chi connectivity index (χ3n) is 7.05. The third kappa shape index (κ3) is 3.56. The van der Waals surface area contributed by atoms with E-state index in [0.29, 0.717) is 18.0 Å². The van der Waals surface area contributed by atoms with E-state index < -0.39 is 0 Å². The number of anilines is 1. The molecule has 0 amide bonds. The van der Waals surface area contributed by atoms with E-state index in [0.717, 1.165) is 51.5 Å². The fraction of sp³-hybridized carbons (Fsp3) is 0.370. The monoisotopic (exact) mass is 454 g/mol. The van der Waals surface area contributed by atoms with Gasteiger partial charge in [-0.15, -0.1) is 0 Å². The molecule has 2 N–H and O–H groups in total. The van der Waals surface area contributed by atoms with Crippen molar-refractivity contribution in [2.75, 3.05) is 5.73 Å². The third-order valence-corrected chi connectivity index (χ3v) is 7.05. The molecule has 1 saturated carbocycles. The Labute approximate surface area is 199 Å². The molecule has 2 aliphatic rings. The molecule has 0 saturated heterocycles. The molecule has 0 radical (unpaired) electrons. The molecule has 174 valence electrons. The van der Waals surface area contributed by atoms with Gasteiger partial charge in [0.05, 0.1) is 11.4 Å². The summed E-state index contributed by atoms with van der Waals surface area (Å²) in [6, 6.07) is 8.50. The zero-order valence-corrected chi connectivity index (χ0v) is 20.2. The Morgan fingerprint density at radius 1 is 1.15 bits per heavy atom. The second-order valence-electron chi connectivity index (χ2n) is 9.85. The van der Waals surface area contributed by atoms with Crippen LogP contribution in [0.4, 0.5) is 5.82 Å². The van der Waals surface area contributed by atoms with Crippen molar-refractivity contribution in [3.63, 3.8) is 0 Å². The average molecular weight is 455 g/mol. The number of ether oxygens (including phenoxy) is 1. The van der Waals surface area contributed by atoms with Gasteiger partial charge in [-0.1, -0.05) is 23.8 Å². The van der Waals surface area contributed by atoms with Crippen molar-refractivity contribution in [1.82, 2.24) is 24.5 Å². The number of pyridine rings is 1. The number of hydrogen-bond donors (Lipinski definition) is 1. The van der Waals surface area contributed by atoms with Crippen molar-refractivity contribution in [3.05, 3.63) is 64.7 Å². The highest BCUT2D eigenvalue weighted by molar-refractivity contribution is 5.74. The summed E-state index contributed by atoms with van der Waals surface area (Å²) in [5.74, 6) is 1.74. The first-order valence-corrected chi connectivity index (χ1v) is 12.0. The topological polar surface area (TPSA) is 83.8 Å². The highest BCUT2D eigenvalue weighted by Crippen LogP contribution is 2.41. The Balaban J connectivity index is 1.62. The Bertz CT molecular complexity index is 1410. The maximum Gasteiger partial charge on any atom is 0.166 e. The second-order valence-corrected chi connectivity index (χ2v) is 9.85. The van der Waals surface area contributed by atoms with Crippen molar-refractivity contribution in [2.24, 2.45) is 20.0 Å². The van der Waals surface area contributed by atoms with Crippen LogP contribution < -0.4 is 10.5 Å². The number of nitrogens with zero attached hydrogens (tertiary/aromatic N) is 5. The molecule has 4 heterocycles. The first-order chi connectivity index (χ1) is 16.4. The Hall–Kier alpha value is -3.61. The van der Waals surface area contributed by atoms with Crippen LogP contribution in [0.5, 0.6) is 5.75 Å². The Morgan fingerprint density at radius 2 is 1.97 bits per heavy atom. The van der Waals surface area contributed by atoms with Crippen LogP contribution in [0.3, 0.4) is 0 Å². The molecule has 34 heavy (non-hydrogen) atoms. The number of nitrogens with two attached hydrogens (primary N) is 1. The van der Waals surface area contributed by atoms with Crippen LogP contribution in [-0.2, 0) is 26.9 Å². The van der Waals surface area contributed by atoms with E-state index in [4.69, 9.17) is 20.7 Å². The molecule has 1 atom stereocenters. The van der Waals surface area contributed by atoms with Crippen LogP contribution in [0.2, 0.25) is 0 Å². The van der Waals surface area contributed by atoms with Gasteiger partial charge >= 0.3 is 0 Å². The summed E-state index contributed by atoms with van der Waals surface area (Å²) in [6.45, 7) is 4.16. The molecule has 0 spiro atoms. The van der Waals surface area contributed by atoms with Crippen molar-refractivity contribution in [2.45, 2.75) is 45.6 Å². The minimum atomic E-state index is -0.220. The van der Waals surface area contributed by atoms with Gasteiger partial charge in [-0.05, 0) is 45.1 Å². The molecule has 1 fully saturated rings. The van der Waals surface area contributed by atoms with E-state index in [2.05, 4.69) is 55.0 Å². The van der Waals surface area contributed by atoms with Crippen molar-refractivity contribution >= 4 is 5.82 Å². The predicted molar refractivity (Wildman–Crippen MR) is 133 cm³/mol. The number of aryl methyl sites for hydroxylation is 3. The van der Waals surface area contributed by atoms with E-state index in [1.807, 2.05) is 24.0 Å². The fourth-order valence-corrected chi connectivity index (χ4v) is 5.15. The van der Waals surface area contributed by atoms with E-state index in [9.17, 15) is 0 Å². The van der Waals surface area contributed by atoms with Crippen molar-refractivity contribution in [1.29, 1.82) is 0 Å². The fourth-order valence-electron chi connectivity index (χ4n) is 5.15. The Morgan fingerprint density at radius 3 is 2.76 bits per heavy atom. The lowest BCUT2D eigenvalue weighted by Crippen LogP contribution is -2.09. The van der Waals surface area contributed by atoms with E-state index in [1.54, 1.807) is 0 Å². The van der Waals surface area contributed by atoms with Gasteiger partial charge in [-0.25, -0.2) is 4.98 Å². The summed E-state index contributed by atoms with van der Waals surface area (Å²) in [5, 5.41) is 9.89. The number of nitrogen functional groups attached to an aromatic ring is 1. The van der Waals surface area contributed by atoms with Gasteiger partial charge in [0.2, 0.25) is 0 Å². The molecule has 6 rings (SSSR count). The zero-order valence-electron chi connectivity index (χ0n) is 20.2. The summed E-state index contributed by atoms with van der Waals surface area (Å²) in [4.78, 5) is 4.53. The quantitative estimate of drug-likeness (QED) is 0.472. The molecule has 3 aromatic heterocycles. The van der Waals surface area contributed by atoms with Crippen LogP contribution >= 0.6 is 0 Å². The Kier molecular flexibility index (Phi) is 4.76. The molecule has 4 aromatic rings. The maximum atomic E-state index is 6.47. The first kappa shape index (κ1) is 21.0. The van der Waals surface area contributed by atoms with Gasteiger partial charge < -0.3 is 10.5 Å². The van der Waals surface area contributed by atoms with Crippen LogP contribution in [0.15, 0.2) is 36.7 Å². The zero-order chi connectivity index (χ0) is 23.6. The lowest BCUT2D eigenvalue weighted by atomic mass is 9.93. The number of aromatic nitrogens is 5. The second kappa shape index (κ2) is 7.72. The SMILES string of the molecule is Cc1ccc2c(c1)[C@@H](C)Oc1cc(cnc1N)-c1c(nn(C)c1CC1CC1)Cc1cn(C)nc1-2. The lowest BCUT2D eigenvalue weighted by Gasteiger charge is -2.21. The number of fused-ring (bicyclic) bond motifs is 7. The lowest BCUT2D eigenvalue weighted by molar-refractivity contribution is 0.228. The van der Waals surface area contributed by atoms with Crippen LogP contribution in [0.25, 0.3) is 22.4 Å². The van der Waals surface area contributed by atoms with Gasteiger partial charge in [0.1, 0.15) is 6.10 Å². The summed E-state index contributed by atoms with van der Waals surface area (Å²) in [7, 11) is 4.03. The molecule has 0 unspecified atom stereocenters. The van der Waals surface area contributed by atoms with Gasteiger partial charge in [0.15, 0.2) is 11.6 Å². The largest absolute Gasteiger partial charge is 0.482 e. The summed E-state index contributed by atoms with van der Waals surface area (Å²) in [5.41, 5.74) is 16.2. The molecule has 1 aliphatic heterocycles. The molecule has 7 nitrogen and oxygen atoms in total. The summed E-state index contributed by atoms with van der Waals surface area (Å²) < 4.78 is 10.4. The van der Waals surface area contributed by atoms with Crippen LogP contribution in [0, 0.1) is 12.8 Å². The van der Waals surface area contributed by atoms with Gasteiger partial charge in [0.25, 0.3) is 0 Å². The van der Waals surface area contributed by atoms with Gasteiger partial charge in [0, 0.05) is 66.4 Å². The average Bonchev–Trinajstić information content (AvgIpc) is 3.47. The maximum absolute atomic E-state index is 6.47. The first-order valence-electron chi connectivity index (χ1n) is 12.0. The summed E-state index contributed by atoms with van der Waals surface area (Å²) in [6.07, 6.45) is 8.04. The highest BCUT2D eigenvalue weighted by Gasteiger charge is 2.29. The minimum Gasteiger partial charge on any atom is -0.482 e. The molecule has 7 heteroatoms. The smallest absolute Gasteiger partial charge is 0.166 e. The van der Waals surface area contributed by atoms with E-state index >= 15 is 0 Å². The van der Waals surface area contributed by atoms with E-state index in [1.165, 1.54) is 24.1 Å². The number of rotatable bonds is 2. The predicted octanol–water partition coefficient (Wildman–Crippen LogP) is 4.77. The van der Waals surface area contributed by atoms with Gasteiger partial charge in [-0.3, -0.25) is 9.36 Å². The molecule has 1 aliphatic carbocycles. The van der Waals surface area contributed by atoms with Crippen molar-refractivity contribution in [3.8, 4) is 28.1 Å².